The van der Waals surface area contributed by atoms with E-state index in [1.54, 1.807) is 12.1 Å². The number of nitrogens with zero attached hydrogens (tertiary/aromatic N) is 1. The Balaban J connectivity index is 0.000000809. The molecule has 6 N–H and O–H groups in total. The molecular weight excluding hydrogens is 903 g/mol. The lowest BCUT2D eigenvalue weighted by atomic mass is 9.96. The first kappa shape index (κ1) is 46.2. The summed E-state index contributed by atoms with van der Waals surface area (Å²) < 4.78 is 45.1. The third kappa shape index (κ3) is 10.8. The van der Waals surface area contributed by atoms with E-state index in [-0.39, 0.29) is 35.4 Å². The first-order chi connectivity index (χ1) is 30.4. The number of aliphatic carboxylic acids is 1. The summed E-state index contributed by atoms with van der Waals surface area (Å²) in [6.07, 6.45) is -2.83. The van der Waals surface area contributed by atoms with E-state index in [0.29, 0.717) is 72.4 Å². The summed E-state index contributed by atoms with van der Waals surface area (Å²) in [6, 6.07) is 28.3. The number of aliphatic hydroxyl groups is 1. The van der Waals surface area contributed by atoms with Gasteiger partial charge in [-0.2, -0.15) is 13.2 Å². The highest BCUT2D eigenvalue weighted by molar-refractivity contribution is 9.10. The van der Waals surface area contributed by atoms with Crippen LogP contribution in [0.3, 0.4) is 0 Å². The Morgan fingerprint density at radius 1 is 0.938 bits per heavy atom. The minimum absolute atomic E-state index is 0.0576. The SMILES string of the molecule is C[N+]1(C)[C@@H]2C[C@@H](OC(=O)Nc3ccc(CCCC(=O)Nc4ccc(CNC[C@H](O)c5ccc(O)c6[nH]c(=O)ccc56)cc4Br)cc3-c3ccccc3)C[C@H]1[C@@H]1O[C@@H]12.O=C([O-])C(F)(F)F. The number of rotatable bonds is 13. The molecule has 3 saturated heterocycles. The number of aromatic hydroxyl groups is 1. The fourth-order valence-corrected chi connectivity index (χ4v) is 9.28. The van der Waals surface area contributed by atoms with Crippen LogP contribution in [0, 0.1) is 0 Å². The highest BCUT2D eigenvalue weighted by Crippen LogP contribution is 2.51. The van der Waals surface area contributed by atoms with Gasteiger partial charge in [-0.15, -0.1) is 0 Å². The third-order valence-electron chi connectivity index (χ3n) is 12.1. The lowest BCUT2D eigenvalue weighted by molar-refractivity contribution is -0.938. The van der Waals surface area contributed by atoms with Gasteiger partial charge in [0.2, 0.25) is 11.5 Å². The Morgan fingerprint density at radius 2 is 1.61 bits per heavy atom. The number of likely N-dealkylation sites (N-methyl/N-ethyl adjacent to an activating group) is 1. The molecule has 8 rings (SSSR count). The van der Waals surface area contributed by atoms with Crippen LogP contribution in [-0.4, -0.2) is 94.9 Å². The predicted molar refractivity (Wildman–Crippen MR) is 233 cm³/mol. The summed E-state index contributed by atoms with van der Waals surface area (Å²) in [5.41, 5.74) is 5.76. The molecule has 0 radical (unpaired) electrons. The number of aromatic amines is 1. The predicted octanol–water partition coefficient (Wildman–Crippen LogP) is 6.05. The Morgan fingerprint density at radius 3 is 2.28 bits per heavy atom. The fourth-order valence-electron chi connectivity index (χ4n) is 8.75. The molecule has 3 aliphatic heterocycles. The van der Waals surface area contributed by atoms with Crippen LogP contribution in [0.25, 0.3) is 22.0 Å². The third-order valence-corrected chi connectivity index (χ3v) is 12.7. The minimum Gasteiger partial charge on any atom is -0.542 e. The van der Waals surface area contributed by atoms with Crippen molar-refractivity contribution in [2.75, 3.05) is 31.3 Å². The molecule has 0 spiro atoms. The topological polar surface area (TPSA) is 205 Å². The van der Waals surface area contributed by atoms with Gasteiger partial charge >= 0.3 is 12.3 Å². The van der Waals surface area contributed by atoms with Gasteiger partial charge in [0.1, 0.15) is 42.1 Å². The number of H-pyrrole nitrogens is 1. The summed E-state index contributed by atoms with van der Waals surface area (Å²) in [5.74, 6) is -3.16. The Kier molecular flexibility index (Phi) is 13.8. The number of phenolic OH excluding ortho intramolecular Hbond substituents is 1. The number of hydrogen-bond acceptors (Lipinski definition) is 10. The zero-order valence-electron chi connectivity index (χ0n) is 34.8. The number of pyridine rings is 1. The number of piperidine rings is 1. The van der Waals surface area contributed by atoms with Crippen LogP contribution in [0.5, 0.6) is 5.75 Å². The molecular formula is C46H47BrF3N5O9. The van der Waals surface area contributed by atoms with Crippen molar-refractivity contribution in [1.29, 1.82) is 0 Å². The van der Waals surface area contributed by atoms with Crippen LogP contribution in [0.1, 0.15) is 48.5 Å². The zero-order valence-corrected chi connectivity index (χ0v) is 36.4. The summed E-state index contributed by atoms with van der Waals surface area (Å²) >= 11 is 3.59. The van der Waals surface area contributed by atoms with Gasteiger partial charge in [0.25, 0.3) is 0 Å². The molecule has 0 unspecified atom stereocenters. The highest BCUT2D eigenvalue weighted by atomic mass is 79.9. The molecule has 2 bridgehead atoms. The monoisotopic (exact) mass is 949 g/mol. The number of hydrogen-bond donors (Lipinski definition) is 6. The van der Waals surface area contributed by atoms with E-state index in [1.165, 1.54) is 12.1 Å². The van der Waals surface area contributed by atoms with Gasteiger partial charge in [-0.1, -0.05) is 48.5 Å². The van der Waals surface area contributed by atoms with Crippen LogP contribution in [0.4, 0.5) is 29.3 Å². The normalized spacial score (nSPS) is 20.9. The quantitative estimate of drug-likeness (QED) is 0.0596. The van der Waals surface area contributed by atoms with Gasteiger partial charge < -0.3 is 49.7 Å². The number of carbonyl (C=O) groups excluding carboxylic acids is 3. The summed E-state index contributed by atoms with van der Waals surface area (Å²) in [5, 5.41) is 39.7. The van der Waals surface area contributed by atoms with Crippen LogP contribution < -0.4 is 26.6 Å². The van der Waals surface area contributed by atoms with Gasteiger partial charge in [0.05, 0.1) is 37.1 Å². The van der Waals surface area contributed by atoms with Gasteiger partial charge in [-0.3, -0.25) is 14.9 Å². The number of anilines is 2. The first-order valence-electron chi connectivity index (χ1n) is 20.6. The van der Waals surface area contributed by atoms with Crippen molar-refractivity contribution < 1.29 is 56.8 Å². The van der Waals surface area contributed by atoms with Gasteiger partial charge in [-0.25, -0.2) is 4.79 Å². The van der Waals surface area contributed by atoms with E-state index in [1.807, 2.05) is 60.7 Å². The number of morpholine rings is 1. The van der Waals surface area contributed by atoms with Crippen LogP contribution in [-0.2, 0) is 32.0 Å². The number of benzene rings is 4. The van der Waals surface area contributed by atoms with Crippen LogP contribution >= 0.6 is 15.9 Å². The number of amides is 2. The molecule has 64 heavy (non-hydrogen) atoms. The van der Waals surface area contributed by atoms with Crippen molar-refractivity contribution in [2.45, 2.75) is 81.3 Å². The first-order valence-corrected chi connectivity index (χ1v) is 21.4. The van der Waals surface area contributed by atoms with E-state index in [0.717, 1.165) is 44.1 Å². The highest BCUT2D eigenvalue weighted by Gasteiger charge is 2.70. The zero-order chi connectivity index (χ0) is 45.9. The Bertz CT molecular complexity index is 2570. The maximum absolute atomic E-state index is 13.2. The van der Waals surface area contributed by atoms with Crippen LogP contribution in [0.2, 0.25) is 0 Å². The maximum Gasteiger partial charge on any atom is 0.430 e. The summed E-state index contributed by atoms with van der Waals surface area (Å²) in [6.45, 7) is 0.706. The van der Waals surface area contributed by atoms with E-state index in [9.17, 15) is 37.8 Å². The largest absolute Gasteiger partial charge is 0.542 e. The number of aromatic nitrogens is 1. The van der Waals surface area contributed by atoms with Crippen LogP contribution in [0.15, 0.2) is 100 Å². The molecule has 6 atom stereocenters. The van der Waals surface area contributed by atoms with Crippen molar-refractivity contribution in [3.63, 3.8) is 0 Å². The standard InChI is InChI=1S/C44H46BrN5O7.C2HF3O2/c1-50(2)35-21-28(22-36(50)43-42(35)57-43)56-44(55)48-33-15-11-25(19-31(33)27-8-4-3-5-9-27)7-6-10-39(53)47-34-16-12-26(20-32(34)45)23-46-24-38(52)29-13-17-37(51)41-30(29)14-18-40(54)49-41;3-2(4,5)1(6)7/h3-5,8-9,11-20,28,35-36,38,42-43,46,52H,6-7,10,21-24H2,1-2H3,(H3-,47,48,49,51,53,54,55);(H,6,7)/t28-,35-,36+,38-,42-,43+;/m0./s1. The molecule has 3 fully saturated rings. The number of quaternary nitrogens is 1. The number of epoxide rings is 1. The molecule has 5 aromatic rings. The molecule has 0 aliphatic carbocycles. The number of nitrogens with one attached hydrogen (secondary N) is 4. The number of carboxylic acids is 1. The second kappa shape index (κ2) is 19.1. The Labute approximate surface area is 374 Å². The summed E-state index contributed by atoms with van der Waals surface area (Å²) in [4.78, 5) is 49.3. The minimum atomic E-state index is -5.19. The molecule has 1 aromatic heterocycles. The fraction of sp³-hybridized carbons (Fsp3) is 0.348. The average molecular weight is 951 g/mol. The number of halogens is 4. The number of fused-ring (bicyclic) bond motifs is 6. The molecule has 2 amide bonds. The van der Waals surface area contributed by atoms with Crippen molar-refractivity contribution in [1.82, 2.24) is 10.3 Å². The number of carbonyl (C=O) groups is 3. The smallest absolute Gasteiger partial charge is 0.430 e. The number of ether oxygens (including phenoxy) is 2. The van der Waals surface area contributed by atoms with Gasteiger partial charge in [0.15, 0.2) is 0 Å². The number of aliphatic hydroxyl groups excluding tert-OH is 1. The molecule has 18 heteroatoms. The lowest BCUT2D eigenvalue weighted by Gasteiger charge is -2.45. The van der Waals surface area contributed by atoms with Crippen molar-refractivity contribution in [3.8, 4) is 16.9 Å². The van der Waals surface area contributed by atoms with E-state index >= 15 is 0 Å². The second-order valence-electron chi connectivity index (χ2n) is 16.6. The van der Waals surface area contributed by atoms with Gasteiger partial charge in [-0.05, 0) is 87.4 Å². The average Bonchev–Trinajstić information content (AvgIpc) is 4.02. The number of aryl methyl sites for hydroxylation is 1. The van der Waals surface area contributed by atoms with Crippen molar-refractivity contribution in [2.24, 2.45) is 0 Å². The molecule has 4 aromatic carbocycles. The molecule has 14 nitrogen and oxygen atoms in total. The lowest BCUT2D eigenvalue weighted by Crippen LogP contribution is -2.60. The molecule has 4 heterocycles. The van der Waals surface area contributed by atoms with Crippen molar-refractivity contribution in [3.05, 3.63) is 123 Å². The van der Waals surface area contributed by atoms with E-state index in [4.69, 9.17) is 19.4 Å². The molecule has 338 valence electrons. The number of alkyl halides is 3. The second-order valence-corrected chi connectivity index (χ2v) is 17.5. The molecule has 0 saturated carbocycles. The van der Waals surface area contributed by atoms with E-state index in [2.05, 4.69) is 57.0 Å². The van der Waals surface area contributed by atoms with E-state index < -0.39 is 24.3 Å². The number of carboxylic acid groups (broad SMARTS) is 1. The summed E-state index contributed by atoms with van der Waals surface area (Å²) in [7, 11) is 4.51. The maximum atomic E-state index is 13.2. The molecule has 3 aliphatic rings. The Hall–Kier alpha value is -5.79. The number of phenols is 1. The van der Waals surface area contributed by atoms with Crippen molar-refractivity contribution >= 4 is 56.2 Å². The van der Waals surface area contributed by atoms with Gasteiger partial charge in [0, 0.05) is 53.8 Å².